The summed E-state index contributed by atoms with van der Waals surface area (Å²) < 4.78 is 16.0. The van der Waals surface area contributed by atoms with Gasteiger partial charge in [0.25, 0.3) is 0 Å². The van der Waals surface area contributed by atoms with Crippen LogP contribution < -0.4 is 24.2 Å². The van der Waals surface area contributed by atoms with E-state index in [9.17, 15) is 24.0 Å². The fourth-order valence-electron chi connectivity index (χ4n) is 6.34. The number of carboxylic acid groups (broad SMARTS) is 1. The molecule has 15 heteroatoms. The van der Waals surface area contributed by atoms with Crippen LogP contribution in [0.15, 0.2) is 61.1 Å². The van der Waals surface area contributed by atoms with Gasteiger partial charge in [-0.25, -0.2) is 34.1 Å². The summed E-state index contributed by atoms with van der Waals surface area (Å²) in [6.07, 6.45) is 12.1. The monoisotopic (exact) mass is 784 g/mol. The zero-order valence-electron chi connectivity index (χ0n) is 33.5. The molecule has 1 aliphatic carbocycles. The van der Waals surface area contributed by atoms with E-state index in [4.69, 9.17) is 19.3 Å². The third-order valence-corrected chi connectivity index (χ3v) is 9.00. The number of carboxylic acids is 1. The minimum absolute atomic E-state index is 0. The quantitative estimate of drug-likeness (QED) is 0.161. The molecule has 14 nitrogen and oxygen atoms in total. The number of carbonyl (C=O) groups excluding carboxylic acids is 4. The maximum Gasteiger partial charge on any atom is 1.00 e. The van der Waals surface area contributed by atoms with Crippen LogP contribution in [0.4, 0.5) is 4.79 Å². The molecule has 7 heterocycles. The Hall–Kier alpha value is -4.64. The maximum atomic E-state index is 11.5. The van der Waals surface area contributed by atoms with Gasteiger partial charge in [-0.2, -0.15) is 6.42 Å². The van der Waals surface area contributed by atoms with Crippen molar-refractivity contribution in [3.05, 3.63) is 96.2 Å². The van der Waals surface area contributed by atoms with Gasteiger partial charge in [0.2, 0.25) is 0 Å². The fraction of sp³-hybridized carbons (Fsp3) is 0.500. The standard InChI is InChI=1S/C11H11NO2.C10H10N2O2.C9H15NO3.C6H5NO2.C4H9.2CH4.Li/c13-10-9-8(4-3-7-12-9)11(14-10)5-1-2-6-11;13-9-8-7(2-1-4-12-8)10(14-9)3-5-11-6-10;1-9(2,3)13-8(12)10-5-4-7(11)6-10;8-6(9)5-3-1-2-4-7-5;1-3-4-2;;;/h3-4,7H,1-2,5-6H2;1-2,4,11H,3,5-6H2;4-6H2,1-3H3;1-4H,(H,8,9);1,3-4H2,2H3;2*1H4;/q;;;;-1;;;+1/p+1. The van der Waals surface area contributed by atoms with Crippen LogP contribution in [0.25, 0.3) is 0 Å². The second-order valence-corrected chi connectivity index (χ2v) is 14.3. The Labute approximate surface area is 350 Å². The van der Waals surface area contributed by atoms with E-state index in [0.717, 1.165) is 56.2 Å². The Balaban J connectivity index is 0.000000716. The summed E-state index contributed by atoms with van der Waals surface area (Å²) in [7, 11) is 0. The molecule has 1 saturated carbocycles. The molecule has 8 rings (SSSR count). The van der Waals surface area contributed by atoms with Crippen LogP contribution in [0.3, 0.4) is 0 Å². The minimum atomic E-state index is -0.990. The van der Waals surface area contributed by atoms with Gasteiger partial charge in [0.1, 0.15) is 16.9 Å². The third-order valence-electron chi connectivity index (χ3n) is 9.00. The van der Waals surface area contributed by atoms with Gasteiger partial charge in [-0.05, 0) is 77.3 Å². The summed E-state index contributed by atoms with van der Waals surface area (Å²) in [4.78, 5) is 68.6. The molecule has 3 fully saturated rings. The van der Waals surface area contributed by atoms with Crippen molar-refractivity contribution in [1.82, 2.24) is 25.2 Å². The van der Waals surface area contributed by atoms with Crippen molar-refractivity contribution in [3.63, 3.8) is 0 Å². The molecule has 2 saturated heterocycles. The Morgan fingerprint density at radius 3 is 1.86 bits per heavy atom. The van der Waals surface area contributed by atoms with Crippen LogP contribution in [0.2, 0.25) is 0 Å². The molecule has 4 aliphatic heterocycles. The summed E-state index contributed by atoms with van der Waals surface area (Å²) in [5.74, 6) is -1.42. The predicted molar refractivity (Wildman–Crippen MR) is 212 cm³/mol. The summed E-state index contributed by atoms with van der Waals surface area (Å²) in [6.45, 7) is 13.4. The first-order chi connectivity index (χ1) is 25.7. The van der Waals surface area contributed by atoms with E-state index in [1.54, 1.807) is 24.5 Å². The number of aromatic carboxylic acids is 1. The molecule has 1 amide bonds. The number of esters is 2. The van der Waals surface area contributed by atoms with Crippen LogP contribution in [0.5, 0.6) is 0 Å². The number of nitrogens with zero attached hydrogens (tertiary/aromatic N) is 4. The third kappa shape index (κ3) is 13.5. The molecule has 3 aromatic rings. The number of hydrogen-bond donors (Lipinski definition) is 2. The average molecular weight is 785 g/mol. The van der Waals surface area contributed by atoms with Crippen molar-refractivity contribution in [2.24, 2.45) is 0 Å². The van der Waals surface area contributed by atoms with Crippen LogP contribution in [0.1, 0.15) is 138 Å². The number of Topliss-reactive ketones (excluding diaryl/α,β-unsaturated/α-hetero) is 1. The zero-order chi connectivity index (χ0) is 39.4. The first-order valence-electron chi connectivity index (χ1n) is 18.3. The van der Waals surface area contributed by atoms with Crippen molar-refractivity contribution < 1.29 is 63.6 Å². The molecular formula is C42H59LiN5O9+. The number of likely N-dealkylation sites (tertiary alicyclic amines) is 1. The number of ether oxygens (including phenoxy) is 3. The first kappa shape index (κ1) is 50.4. The zero-order valence-corrected chi connectivity index (χ0v) is 32.5. The predicted octanol–water partition coefficient (Wildman–Crippen LogP) is 4.45. The van der Waals surface area contributed by atoms with E-state index in [-0.39, 0.29) is 70.7 Å². The Bertz CT molecular complexity index is 1700. The van der Waals surface area contributed by atoms with E-state index in [1.165, 1.54) is 23.6 Å². The first-order valence-corrected chi connectivity index (χ1v) is 18.3. The Kier molecular flexibility index (Phi) is 20.3. The molecule has 0 aromatic carbocycles. The second kappa shape index (κ2) is 22.9. The van der Waals surface area contributed by atoms with Gasteiger partial charge in [-0.1, -0.05) is 46.4 Å². The molecule has 1 atom stereocenters. The minimum Gasteiger partial charge on any atom is -0.477 e. The van der Waals surface area contributed by atoms with Crippen molar-refractivity contribution in [1.29, 1.82) is 0 Å². The normalized spacial score (nSPS) is 18.7. The number of ketones is 1. The molecule has 0 bridgehead atoms. The van der Waals surface area contributed by atoms with Crippen molar-refractivity contribution >= 4 is 29.8 Å². The number of carbonyl (C=O) groups is 5. The van der Waals surface area contributed by atoms with E-state index < -0.39 is 23.3 Å². The van der Waals surface area contributed by atoms with Gasteiger partial charge >= 0.3 is 44.3 Å². The van der Waals surface area contributed by atoms with Crippen molar-refractivity contribution in [2.45, 2.75) is 111 Å². The van der Waals surface area contributed by atoms with Gasteiger partial charge in [-0.3, -0.25) is 4.79 Å². The maximum absolute atomic E-state index is 11.5. The number of aromatic nitrogens is 3. The molecular weight excluding hydrogens is 725 g/mol. The number of nitrogens with one attached hydrogen (secondary N) is 1. The van der Waals surface area contributed by atoms with E-state index in [1.807, 2.05) is 45.0 Å². The molecule has 2 N–H and O–H groups in total. The number of amides is 1. The average Bonchev–Trinajstić information content (AvgIpc) is 4.01. The van der Waals surface area contributed by atoms with Crippen LogP contribution in [-0.2, 0) is 30.2 Å². The molecule has 5 aliphatic rings. The summed E-state index contributed by atoms with van der Waals surface area (Å²) in [6, 6.07) is 12.4. The van der Waals surface area contributed by atoms with Gasteiger partial charge in [0.05, 0.1) is 6.54 Å². The number of rotatable bonds is 2. The molecule has 1 unspecified atom stereocenters. The van der Waals surface area contributed by atoms with Gasteiger partial charge in [0, 0.05) is 55.6 Å². The van der Waals surface area contributed by atoms with E-state index >= 15 is 0 Å². The number of unbranched alkanes of at least 4 members (excludes halogenated alkanes) is 1. The van der Waals surface area contributed by atoms with Crippen molar-refractivity contribution in [3.8, 4) is 0 Å². The van der Waals surface area contributed by atoms with Gasteiger partial charge in [-0.15, -0.1) is 0 Å². The second-order valence-electron chi connectivity index (χ2n) is 14.3. The molecule has 0 radical (unpaired) electrons. The summed E-state index contributed by atoms with van der Waals surface area (Å²) in [5.41, 5.74) is 1.80. The van der Waals surface area contributed by atoms with Crippen LogP contribution >= 0.6 is 0 Å². The fourth-order valence-corrected chi connectivity index (χ4v) is 6.34. The molecule has 2 spiro atoms. The Morgan fingerprint density at radius 1 is 0.895 bits per heavy atom. The SMILES string of the molecule is C.C.CC(C)(C)OC(=O)N1CCC(=O)C1.O=C(O)c1ccccn1.O=C1OC2(CCCC2)c2cccnc21.O=C1OC2(CCNC2)c2cccnc21.[CH2-]CCC.[H+].[Li+]. The largest absolute Gasteiger partial charge is 1.00 e. The van der Waals surface area contributed by atoms with Crippen LogP contribution in [0, 0.1) is 6.92 Å². The van der Waals surface area contributed by atoms with Gasteiger partial charge < -0.3 is 36.5 Å². The number of pyridine rings is 3. The Morgan fingerprint density at radius 2 is 1.44 bits per heavy atom. The van der Waals surface area contributed by atoms with Crippen molar-refractivity contribution in [2.75, 3.05) is 26.2 Å². The summed E-state index contributed by atoms with van der Waals surface area (Å²) in [5, 5.41) is 11.5. The van der Waals surface area contributed by atoms with E-state index in [2.05, 4.69) is 34.1 Å². The number of hydrogen-bond acceptors (Lipinski definition) is 12. The topological polar surface area (TPSA) is 187 Å². The smallest absolute Gasteiger partial charge is 0.477 e. The summed E-state index contributed by atoms with van der Waals surface area (Å²) >= 11 is 0. The molecule has 57 heavy (non-hydrogen) atoms. The molecule has 306 valence electrons. The van der Waals surface area contributed by atoms with Gasteiger partial charge in [0.15, 0.2) is 22.8 Å². The number of fused-ring (bicyclic) bond motifs is 4. The van der Waals surface area contributed by atoms with Crippen LogP contribution in [-0.4, -0.2) is 86.5 Å². The molecule has 3 aromatic heterocycles. The van der Waals surface area contributed by atoms with E-state index in [0.29, 0.717) is 30.9 Å².